The highest BCUT2D eigenvalue weighted by Crippen LogP contribution is 3.02. The van der Waals surface area contributed by atoms with E-state index in [0.717, 1.165) is 12.1 Å². The lowest BCUT2D eigenvalue weighted by Gasteiger charge is -2.40. The number of hydrogen-bond acceptors (Lipinski definition) is 3. The lowest BCUT2D eigenvalue weighted by molar-refractivity contribution is 0.364. The standard InChI is InChI=1S/C15H14F6N4OS/c1-8(10-3-5-11(6-4-10)27(17,18,19,20)21)25-14-13(12(7-16)24-25)15(26)23-9(2)22-14/h3-6,8H,7H2,1-2H3,(H,22,23,26). The molecular weight excluding hydrogens is 398 g/mol. The second kappa shape index (κ2) is 5.27. The number of hydrogen-bond donors (Lipinski definition) is 1. The van der Waals surface area contributed by atoms with E-state index in [-0.39, 0.29) is 28.1 Å². The van der Waals surface area contributed by atoms with E-state index in [1.54, 1.807) is 0 Å². The Hall–Kier alpha value is -2.50. The summed E-state index contributed by atoms with van der Waals surface area (Å²) in [6.07, 6.45) is 0. The van der Waals surface area contributed by atoms with E-state index in [4.69, 9.17) is 0 Å². The highest BCUT2D eigenvalue weighted by molar-refractivity contribution is 8.45. The molecule has 0 aliphatic heterocycles. The van der Waals surface area contributed by atoms with Crippen LogP contribution >= 0.6 is 10.2 Å². The number of aromatic amines is 1. The van der Waals surface area contributed by atoms with Crippen LogP contribution in [0.2, 0.25) is 0 Å². The Morgan fingerprint density at radius 3 is 2.26 bits per heavy atom. The number of nitrogens with one attached hydrogen (secondary N) is 1. The molecule has 27 heavy (non-hydrogen) atoms. The topological polar surface area (TPSA) is 63.6 Å². The highest BCUT2D eigenvalue weighted by atomic mass is 32.5. The third-order valence-corrected chi connectivity index (χ3v) is 5.22. The number of alkyl halides is 1. The van der Waals surface area contributed by atoms with E-state index in [1.807, 2.05) is 0 Å². The van der Waals surface area contributed by atoms with E-state index in [0.29, 0.717) is 12.1 Å². The second-order valence-corrected chi connectivity index (χ2v) is 8.50. The number of aryl methyl sites for hydroxylation is 1. The van der Waals surface area contributed by atoms with Crippen LogP contribution in [0.1, 0.15) is 30.0 Å². The molecule has 1 unspecified atom stereocenters. The van der Waals surface area contributed by atoms with Crippen LogP contribution in [0.15, 0.2) is 34.0 Å². The largest absolute Gasteiger partial charge is 0.310 e. The fourth-order valence-electron chi connectivity index (χ4n) is 2.73. The molecule has 2 heterocycles. The molecule has 2 aromatic heterocycles. The van der Waals surface area contributed by atoms with Crippen molar-refractivity contribution >= 4 is 21.3 Å². The van der Waals surface area contributed by atoms with Gasteiger partial charge >= 0.3 is 10.2 Å². The van der Waals surface area contributed by atoms with Gasteiger partial charge < -0.3 is 4.98 Å². The minimum Gasteiger partial charge on any atom is -0.310 e. The predicted molar refractivity (Wildman–Crippen MR) is 89.3 cm³/mol. The van der Waals surface area contributed by atoms with Gasteiger partial charge in [0.1, 0.15) is 28.5 Å². The van der Waals surface area contributed by atoms with Crippen molar-refractivity contribution in [2.45, 2.75) is 31.5 Å². The number of halogens is 6. The minimum absolute atomic E-state index is 0.0493. The first-order chi connectivity index (χ1) is 12.2. The third-order valence-electron chi connectivity index (χ3n) is 4.05. The first kappa shape index (κ1) is 19.3. The lowest BCUT2D eigenvalue weighted by atomic mass is 10.1. The zero-order valence-corrected chi connectivity index (χ0v) is 14.8. The van der Waals surface area contributed by atoms with Crippen LogP contribution in [0.5, 0.6) is 0 Å². The number of aromatic nitrogens is 4. The van der Waals surface area contributed by atoms with Gasteiger partial charge in [0.2, 0.25) is 0 Å². The van der Waals surface area contributed by atoms with Crippen molar-refractivity contribution in [3.63, 3.8) is 0 Å². The summed E-state index contributed by atoms with van der Waals surface area (Å²) in [6.45, 7) is 1.97. The van der Waals surface area contributed by atoms with Crippen molar-refractivity contribution in [3.05, 3.63) is 51.7 Å². The van der Waals surface area contributed by atoms with Crippen molar-refractivity contribution < 1.29 is 23.8 Å². The molecule has 0 amide bonds. The number of benzene rings is 1. The quantitative estimate of drug-likeness (QED) is 0.602. The van der Waals surface area contributed by atoms with Crippen LogP contribution in [0.4, 0.5) is 23.8 Å². The van der Waals surface area contributed by atoms with Gasteiger partial charge in [0.25, 0.3) is 5.56 Å². The molecule has 5 nitrogen and oxygen atoms in total. The van der Waals surface area contributed by atoms with Gasteiger partial charge in [-0.2, -0.15) is 5.10 Å². The van der Waals surface area contributed by atoms with E-state index >= 15 is 0 Å². The zero-order chi connectivity index (χ0) is 20.3. The van der Waals surface area contributed by atoms with Crippen molar-refractivity contribution in [3.8, 4) is 0 Å². The Morgan fingerprint density at radius 1 is 1.15 bits per heavy atom. The molecule has 148 valence electrons. The molecule has 12 heteroatoms. The van der Waals surface area contributed by atoms with Crippen LogP contribution < -0.4 is 5.56 Å². The van der Waals surface area contributed by atoms with Crippen molar-refractivity contribution in [1.29, 1.82) is 0 Å². The first-order valence-corrected chi connectivity index (χ1v) is 9.54. The molecule has 0 aliphatic carbocycles. The molecule has 3 aromatic rings. The van der Waals surface area contributed by atoms with Crippen LogP contribution in [0.25, 0.3) is 11.0 Å². The van der Waals surface area contributed by atoms with Crippen LogP contribution in [0, 0.1) is 6.92 Å². The monoisotopic (exact) mass is 412 g/mol. The maximum Gasteiger partial charge on any atom is 0.310 e. The summed E-state index contributed by atoms with van der Waals surface area (Å²) < 4.78 is 78.6. The summed E-state index contributed by atoms with van der Waals surface area (Å²) in [5.74, 6) is 0.238. The molecule has 0 saturated carbocycles. The molecule has 0 aliphatic rings. The van der Waals surface area contributed by atoms with Crippen molar-refractivity contribution in [2.24, 2.45) is 0 Å². The maximum atomic E-state index is 13.2. The summed E-state index contributed by atoms with van der Waals surface area (Å²) in [4.78, 5) is 16.6. The number of rotatable bonds is 4. The first-order valence-electron chi connectivity index (χ1n) is 7.59. The van der Waals surface area contributed by atoms with Gasteiger partial charge in [0.15, 0.2) is 5.65 Å². The summed E-state index contributed by atoms with van der Waals surface area (Å²) in [6, 6.07) is 1.58. The number of fused-ring (bicyclic) bond motifs is 1. The molecular formula is C15H14F6N4OS. The van der Waals surface area contributed by atoms with E-state index in [1.165, 1.54) is 18.5 Å². The fourth-order valence-corrected chi connectivity index (χ4v) is 3.38. The molecule has 0 saturated heterocycles. The molecule has 1 atom stereocenters. The van der Waals surface area contributed by atoms with Gasteiger partial charge in [-0.05, 0) is 31.5 Å². The molecule has 3 rings (SSSR count). The Bertz CT molecular complexity index is 1090. The van der Waals surface area contributed by atoms with Crippen LogP contribution in [-0.4, -0.2) is 19.7 Å². The average molecular weight is 412 g/mol. The van der Waals surface area contributed by atoms with Gasteiger partial charge in [-0.1, -0.05) is 31.6 Å². The number of nitrogens with zero attached hydrogens (tertiary/aromatic N) is 3. The number of H-pyrrole nitrogens is 1. The third kappa shape index (κ3) is 3.53. The van der Waals surface area contributed by atoms with Gasteiger partial charge in [0.05, 0.1) is 6.04 Å². The second-order valence-electron chi connectivity index (χ2n) is 6.09. The minimum atomic E-state index is -9.77. The Balaban J connectivity index is 2.12. The summed E-state index contributed by atoms with van der Waals surface area (Å²) in [5.41, 5.74) is -0.516. The Kier molecular flexibility index (Phi) is 3.76. The Labute approximate surface area is 148 Å². The maximum absolute atomic E-state index is 13.2. The van der Waals surface area contributed by atoms with Crippen LogP contribution in [-0.2, 0) is 6.67 Å². The molecule has 0 radical (unpaired) electrons. The average Bonchev–Trinajstić information content (AvgIpc) is 2.91. The summed E-state index contributed by atoms with van der Waals surface area (Å²) in [7, 11) is -9.77. The van der Waals surface area contributed by atoms with Crippen molar-refractivity contribution in [1.82, 2.24) is 19.7 Å². The van der Waals surface area contributed by atoms with E-state index in [9.17, 15) is 28.6 Å². The summed E-state index contributed by atoms with van der Waals surface area (Å²) >= 11 is 0. The summed E-state index contributed by atoms with van der Waals surface area (Å²) in [5, 5.41) is 3.91. The normalized spacial score (nSPS) is 16.1. The van der Waals surface area contributed by atoms with E-state index in [2.05, 4.69) is 15.1 Å². The lowest BCUT2D eigenvalue weighted by Crippen LogP contribution is -2.13. The van der Waals surface area contributed by atoms with Gasteiger partial charge in [-0.15, -0.1) is 0 Å². The van der Waals surface area contributed by atoms with Crippen molar-refractivity contribution in [2.75, 3.05) is 0 Å². The van der Waals surface area contributed by atoms with Gasteiger partial charge in [-0.3, -0.25) is 4.79 Å². The molecule has 0 spiro atoms. The zero-order valence-electron chi connectivity index (χ0n) is 14.0. The smallest absolute Gasteiger partial charge is 0.310 e. The molecule has 0 bridgehead atoms. The van der Waals surface area contributed by atoms with Gasteiger partial charge in [0, 0.05) is 0 Å². The fraction of sp³-hybridized carbons (Fsp3) is 0.267. The molecule has 1 N–H and O–H groups in total. The SMILES string of the molecule is Cc1nc2c(c(CF)nn2C(C)c2ccc(S(F)(F)(F)(F)F)cc2)c(=O)[nH]1. The highest BCUT2D eigenvalue weighted by Gasteiger charge is 2.65. The Morgan fingerprint density at radius 2 is 1.74 bits per heavy atom. The van der Waals surface area contributed by atoms with Gasteiger partial charge in [-0.25, -0.2) is 14.1 Å². The molecule has 0 fully saturated rings. The van der Waals surface area contributed by atoms with E-state index < -0.39 is 33.4 Å². The molecule has 1 aromatic carbocycles. The van der Waals surface area contributed by atoms with Crippen LogP contribution in [0.3, 0.4) is 0 Å². The predicted octanol–water partition coefficient (Wildman–Crippen LogP) is 5.16.